The number of nitrogens with zero attached hydrogens (tertiary/aromatic N) is 3. The molecule has 0 atom stereocenters. The Hall–Kier alpha value is -2.24. The molecule has 2 heterocycles. The maximum absolute atomic E-state index is 5.32. The van der Waals surface area contributed by atoms with Crippen LogP contribution in [0.25, 0.3) is 0 Å². The van der Waals surface area contributed by atoms with Crippen LogP contribution in [0.5, 0.6) is 0 Å². The summed E-state index contributed by atoms with van der Waals surface area (Å²) in [6.45, 7) is 4.43. The third kappa shape index (κ3) is 4.98. The van der Waals surface area contributed by atoms with Crippen LogP contribution in [-0.2, 0) is 20.0 Å². The lowest BCUT2D eigenvalue weighted by atomic mass is 10.3. The Bertz CT molecular complexity index is 544. The molecule has 0 fully saturated rings. The minimum atomic E-state index is 0.607. The summed E-state index contributed by atoms with van der Waals surface area (Å²) in [7, 11) is 1.92. The van der Waals surface area contributed by atoms with E-state index in [2.05, 4.69) is 27.6 Å². The van der Waals surface area contributed by atoms with E-state index in [0.29, 0.717) is 6.54 Å². The Balaban J connectivity index is 1.85. The molecule has 21 heavy (non-hydrogen) atoms. The van der Waals surface area contributed by atoms with Gasteiger partial charge in [0.15, 0.2) is 5.96 Å². The van der Waals surface area contributed by atoms with Gasteiger partial charge in [0.1, 0.15) is 5.76 Å². The fourth-order valence-corrected chi connectivity index (χ4v) is 1.89. The Morgan fingerprint density at radius 1 is 1.33 bits per heavy atom. The van der Waals surface area contributed by atoms with Crippen molar-refractivity contribution in [1.82, 2.24) is 20.4 Å². The van der Waals surface area contributed by atoms with E-state index < -0.39 is 0 Å². The molecule has 2 rings (SSSR count). The number of aryl methyl sites for hydroxylation is 1. The number of hydrogen-bond acceptors (Lipinski definition) is 3. The van der Waals surface area contributed by atoms with Crippen LogP contribution in [0.15, 0.2) is 40.1 Å². The van der Waals surface area contributed by atoms with E-state index in [9.17, 15) is 0 Å². The van der Waals surface area contributed by atoms with Gasteiger partial charge in [0.05, 0.1) is 18.5 Å². The van der Waals surface area contributed by atoms with Gasteiger partial charge in [0.2, 0.25) is 0 Å². The quantitative estimate of drug-likeness (QED) is 0.601. The zero-order valence-electron chi connectivity index (χ0n) is 12.7. The normalized spacial score (nSPS) is 11.6. The van der Waals surface area contributed by atoms with Gasteiger partial charge < -0.3 is 15.1 Å². The number of aliphatic imine (C=N–C) groups is 1. The molecule has 0 bridgehead atoms. The zero-order valence-corrected chi connectivity index (χ0v) is 12.7. The van der Waals surface area contributed by atoms with E-state index in [0.717, 1.165) is 43.3 Å². The second-order valence-electron chi connectivity index (χ2n) is 4.79. The van der Waals surface area contributed by atoms with Gasteiger partial charge in [-0.3, -0.25) is 4.68 Å². The van der Waals surface area contributed by atoms with E-state index in [1.54, 1.807) is 12.5 Å². The van der Waals surface area contributed by atoms with Gasteiger partial charge >= 0.3 is 0 Å². The fraction of sp³-hybridized carbons (Fsp3) is 0.467. The lowest BCUT2D eigenvalue weighted by Crippen LogP contribution is -2.38. The number of rotatable bonds is 7. The molecule has 0 amide bonds. The van der Waals surface area contributed by atoms with E-state index in [-0.39, 0.29) is 0 Å². The molecule has 0 radical (unpaired) electrons. The van der Waals surface area contributed by atoms with Crippen molar-refractivity contribution in [2.24, 2.45) is 12.0 Å². The first-order valence-electron chi connectivity index (χ1n) is 7.31. The summed E-state index contributed by atoms with van der Waals surface area (Å²) < 4.78 is 7.16. The summed E-state index contributed by atoms with van der Waals surface area (Å²) in [4.78, 5) is 4.59. The predicted molar refractivity (Wildman–Crippen MR) is 83.1 cm³/mol. The number of guanidine groups is 1. The molecule has 114 valence electrons. The molecule has 0 spiro atoms. The van der Waals surface area contributed by atoms with Gasteiger partial charge in [-0.25, -0.2) is 4.99 Å². The molecule has 0 aromatic carbocycles. The first-order chi connectivity index (χ1) is 10.3. The Morgan fingerprint density at radius 2 is 2.19 bits per heavy atom. The van der Waals surface area contributed by atoms with Crippen LogP contribution >= 0.6 is 0 Å². The minimum Gasteiger partial charge on any atom is -0.469 e. The standard InChI is InChI=1S/C15H23N5O/c1-3-8-16-15(17-9-7-14-5-4-11-21-14)18-12-13-6-10-19-20(13)2/h4-6,10-11H,3,7-9,12H2,1-2H3,(H2,16,17,18). The monoisotopic (exact) mass is 289 g/mol. The highest BCUT2D eigenvalue weighted by Gasteiger charge is 2.01. The maximum atomic E-state index is 5.32. The molecule has 6 heteroatoms. The molecular weight excluding hydrogens is 266 g/mol. The largest absolute Gasteiger partial charge is 0.469 e. The van der Waals surface area contributed by atoms with Crippen LogP contribution in [0.1, 0.15) is 24.8 Å². The van der Waals surface area contributed by atoms with Crippen molar-refractivity contribution in [3.8, 4) is 0 Å². The van der Waals surface area contributed by atoms with Crippen molar-refractivity contribution >= 4 is 5.96 Å². The molecule has 2 aromatic heterocycles. The van der Waals surface area contributed by atoms with Crippen molar-refractivity contribution < 1.29 is 4.42 Å². The maximum Gasteiger partial charge on any atom is 0.191 e. The second-order valence-corrected chi connectivity index (χ2v) is 4.79. The number of aromatic nitrogens is 2. The SMILES string of the molecule is CCCNC(=NCc1ccnn1C)NCCc1ccco1. The van der Waals surface area contributed by atoms with Crippen LogP contribution in [0.3, 0.4) is 0 Å². The van der Waals surface area contributed by atoms with E-state index in [1.807, 2.05) is 29.9 Å². The first-order valence-corrected chi connectivity index (χ1v) is 7.31. The summed E-state index contributed by atoms with van der Waals surface area (Å²) >= 11 is 0. The van der Waals surface area contributed by atoms with Gasteiger partial charge in [-0.05, 0) is 24.6 Å². The molecule has 0 aliphatic rings. The van der Waals surface area contributed by atoms with Crippen LogP contribution < -0.4 is 10.6 Å². The Labute approximate surface area is 125 Å². The highest BCUT2D eigenvalue weighted by molar-refractivity contribution is 5.79. The molecule has 2 aromatic rings. The summed E-state index contributed by atoms with van der Waals surface area (Å²) in [5, 5.41) is 10.8. The second kappa shape index (κ2) is 8.14. The summed E-state index contributed by atoms with van der Waals surface area (Å²) in [5.74, 6) is 1.80. The van der Waals surface area contributed by atoms with E-state index in [4.69, 9.17) is 4.42 Å². The number of nitrogens with one attached hydrogen (secondary N) is 2. The summed E-state index contributed by atoms with van der Waals surface area (Å²) in [5.41, 5.74) is 1.08. The molecule has 0 saturated carbocycles. The van der Waals surface area contributed by atoms with Crippen LogP contribution in [0, 0.1) is 0 Å². The molecular formula is C15H23N5O. The summed E-state index contributed by atoms with van der Waals surface area (Å²) in [6, 6.07) is 5.86. The van der Waals surface area contributed by atoms with Crippen molar-refractivity contribution in [3.63, 3.8) is 0 Å². The van der Waals surface area contributed by atoms with Crippen LogP contribution in [0.4, 0.5) is 0 Å². The predicted octanol–water partition coefficient (Wildman–Crippen LogP) is 1.70. The van der Waals surface area contributed by atoms with Gasteiger partial charge in [0.25, 0.3) is 0 Å². The third-order valence-electron chi connectivity index (χ3n) is 3.11. The molecule has 2 N–H and O–H groups in total. The third-order valence-corrected chi connectivity index (χ3v) is 3.11. The summed E-state index contributed by atoms with van der Waals surface area (Å²) in [6.07, 6.45) is 5.38. The molecule has 6 nitrogen and oxygen atoms in total. The lowest BCUT2D eigenvalue weighted by molar-refractivity contribution is 0.506. The molecule has 0 aliphatic carbocycles. The van der Waals surface area contributed by atoms with E-state index >= 15 is 0 Å². The molecule has 0 unspecified atom stereocenters. The smallest absolute Gasteiger partial charge is 0.191 e. The van der Waals surface area contributed by atoms with Gasteiger partial charge in [0, 0.05) is 32.8 Å². The highest BCUT2D eigenvalue weighted by atomic mass is 16.3. The minimum absolute atomic E-state index is 0.607. The number of furan rings is 1. The highest BCUT2D eigenvalue weighted by Crippen LogP contribution is 2.00. The van der Waals surface area contributed by atoms with Crippen LogP contribution in [0.2, 0.25) is 0 Å². The Kier molecular flexibility index (Phi) is 5.87. The van der Waals surface area contributed by atoms with Gasteiger partial charge in [-0.2, -0.15) is 5.10 Å². The van der Waals surface area contributed by atoms with E-state index in [1.165, 1.54) is 0 Å². The topological polar surface area (TPSA) is 67.4 Å². The first kappa shape index (κ1) is 15.2. The Morgan fingerprint density at radius 3 is 2.86 bits per heavy atom. The van der Waals surface area contributed by atoms with Crippen molar-refractivity contribution in [3.05, 3.63) is 42.1 Å². The van der Waals surface area contributed by atoms with Crippen molar-refractivity contribution in [2.75, 3.05) is 13.1 Å². The van der Waals surface area contributed by atoms with Gasteiger partial charge in [-0.1, -0.05) is 6.92 Å². The average Bonchev–Trinajstić information content (AvgIpc) is 3.13. The zero-order chi connectivity index (χ0) is 14.9. The lowest BCUT2D eigenvalue weighted by Gasteiger charge is -2.11. The van der Waals surface area contributed by atoms with Crippen molar-refractivity contribution in [1.29, 1.82) is 0 Å². The van der Waals surface area contributed by atoms with Crippen LogP contribution in [-0.4, -0.2) is 28.8 Å². The van der Waals surface area contributed by atoms with Crippen molar-refractivity contribution in [2.45, 2.75) is 26.3 Å². The molecule has 0 saturated heterocycles. The molecule has 0 aliphatic heterocycles. The van der Waals surface area contributed by atoms with Gasteiger partial charge in [-0.15, -0.1) is 0 Å². The fourth-order valence-electron chi connectivity index (χ4n) is 1.89. The number of hydrogen-bond donors (Lipinski definition) is 2. The average molecular weight is 289 g/mol.